The number of alkyl halides is 1. The van der Waals surface area contributed by atoms with E-state index < -0.39 is 6.10 Å². The molecular weight excluding hydrogens is 420 g/mol. The Kier molecular flexibility index (Phi) is 6.55. The number of nitrogens with one attached hydrogen (secondary N) is 1. The smallest absolute Gasteiger partial charge is 0.410 e. The van der Waals surface area contributed by atoms with Crippen LogP contribution in [-0.2, 0) is 11.2 Å². The Labute approximate surface area is 185 Å². The summed E-state index contributed by atoms with van der Waals surface area (Å²) >= 11 is 6.36. The van der Waals surface area contributed by atoms with Gasteiger partial charge in [0.15, 0.2) is 0 Å². The molecule has 0 saturated carbocycles. The van der Waals surface area contributed by atoms with Crippen LogP contribution in [0.3, 0.4) is 0 Å². The van der Waals surface area contributed by atoms with Gasteiger partial charge in [-0.25, -0.2) is 4.79 Å². The monoisotopic (exact) mass is 446 g/mol. The first-order chi connectivity index (χ1) is 15.0. The third-order valence-corrected chi connectivity index (χ3v) is 5.95. The molecule has 3 unspecified atom stereocenters. The highest BCUT2D eigenvalue weighted by Gasteiger charge is 2.35. The van der Waals surface area contributed by atoms with Crippen molar-refractivity contribution in [3.05, 3.63) is 51.7 Å². The Morgan fingerprint density at radius 3 is 2.84 bits per heavy atom. The summed E-state index contributed by atoms with van der Waals surface area (Å²) in [6.45, 7) is 2.31. The molecule has 166 valence electrons. The number of halogens is 1. The fourth-order valence-corrected chi connectivity index (χ4v) is 4.40. The molecule has 0 bridgehead atoms. The average molecular weight is 447 g/mol. The molecular formula is C23H27ClN2O5. The van der Waals surface area contributed by atoms with Gasteiger partial charge in [0.2, 0.25) is 0 Å². The van der Waals surface area contributed by atoms with Gasteiger partial charge in [-0.05, 0) is 43.0 Å². The van der Waals surface area contributed by atoms with Crippen LogP contribution in [0.25, 0.3) is 12.2 Å². The summed E-state index contributed by atoms with van der Waals surface area (Å²) in [4.78, 5) is 18.0. The first-order valence-corrected chi connectivity index (χ1v) is 11.0. The molecule has 8 heteroatoms. The highest BCUT2D eigenvalue weighted by molar-refractivity contribution is 6.24. The molecule has 2 heterocycles. The Bertz CT molecular complexity index is 1050. The molecule has 1 aromatic carbocycles. The predicted molar refractivity (Wildman–Crippen MR) is 118 cm³/mol. The van der Waals surface area contributed by atoms with Crippen LogP contribution in [0.1, 0.15) is 36.2 Å². The summed E-state index contributed by atoms with van der Waals surface area (Å²) in [6.07, 6.45) is 4.42. The van der Waals surface area contributed by atoms with E-state index in [1.807, 2.05) is 12.1 Å². The molecule has 1 aromatic heterocycles. The molecule has 1 aliphatic heterocycles. The number of hydrogen-bond acceptors (Lipinski definition) is 5. The number of carbonyl (C=O) groups is 1. The number of aliphatic hydroxyl groups is 2. The molecule has 0 fully saturated rings. The molecule has 3 atom stereocenters. The second kappa shape index (κ2) is 9.34. The summed E-state index contributed by atoms with van der Waals surface area (Å²) in [5.74, 6) is 0.576. The number of aromatic nitrogens is 1. The van der Waals surface area contributed by atoms with Gasteiger partial charge in [-0.1, -0.05) is 24.3 Å². The quantitative estimate of drug-likeness (QED) is 0.583. The van der Waals surface area contributed by atoms with Gasteiger partial charge in [0.1, 0.15) is 24.5 Å². The Morgan fingerprint density at radius 1 is 1.35 bits per heavy atom. The molecule has 3 N–H and O–H groups in total. The first-order valence-electron chi connectivity index (χ1n) is 10.5. The van der Waals surface area contributed by atoms with E-state index in [2.05, 4.69) is 17.1 Å². The van der Waals surface area contributed by atoms with Crippen molar-refractivity contribution >= 4 is 29.8 Å². The van der Waals surface area contributed by atoms with Crippen molar-refractivity contribution in [3.63, 3.8) is 0 Å². The van der Waals surface area contributed by atoms with Gasteiger partial charge in [-0.3, -0.25) is 4.90 Å². The van der Waals surface area contributed by atoms with E-state index in [4.69, 9.17) is 26.2 Å². The maximum absolute atomic E-state index is 12.7. The Morgan fingerprint density at radius 2 is 2.13 bits per heavy atom. The molecule has 7 nitrogen and oxygen atoms in total. The van der Waals surface area contributed by atoms with Crippen LogP contribution in [0.5, 0.6) is 5.75 Å². The lowest BCUT2D eigenvalue weighted by Gasteiger charge is -2.35. The van der Waals surface area contributed by atoms with Crippen molar-refractivity contribution in [2.45, 2.75) is 37.3 Å². The van der Waals surface area contributed by atoms with E-state index in [0.29, 0.717) is 18.9 Å². The van der Waals surface area contributed by atoms with Crippen LogP contribution in [0.15, 0.2) is 24.3 Å². The topological polar surface area (TPSA) is 95.0 Å². The number of aromatic amines is 1. The number of fused-ring (bicyclic) bond motifs is 3. The van der Waals surface area contributed by atoms with Crippen molar-refractivity contribution in [2.75, 3.05) is 26.4 Å². The van der Waals surface area contributed by atoms with Gasteiger partial charge in [0.05, 0.1) is 18.6 Å². The highest BCUT2D eigenvalue weighted by atomic mass is 35.5. The molecule has 31 heavy (non-hydrogen) atoms. The zero-order valence-electron chi connectivity index (χ0n) is 17.4. The minimum Gasteiger partial charge on any atom is -0.491 e. The normalized spacial score (nSPS) is 20.7. The molecule has 1 aliphatic carbocycles. The lowest BCUT2D eigenvalue weighted by molar-refractivity contribution is 0.0536. The van der Waals surface area contributed by atoms with Crippen LogP contribution in [-0.4, -0.2) is 64.0 Å². The minimum absolute atomic E-state index is 0.00693. The fraction of sp³-hybridized carbons (Fsp3) is 0.435. The van der Waals surface area contributed by atoms with Crippen LogP contribution in [0, 0.1) is 0 Å². The summed E-state index contributed by atoms with van der Waals surface area (Å²) in [5, 5.41) is 20.6. The number of rotatable bonds is 6. The molecule has 0 spiro atoms. The minimum atomic E-state index is -0.927. The number of H-pyrrole nitrogens is 1. The number of amides is 1. The summed E-state index contributed by atoms with van der Waals surface area (Å²) in [5.41, 5.74) is 3.09. The van der Waals surface area contributed by atoms with Crippen molar-refractivity contribution in [1.29, 1.82) is 0 Å². The van der Waals surface area contributed by atoms with Crippen LogP contribution in [0.2, 0.25) is 0 Å². The van der Waals surface area contributed by atoms with Crippen molar-refractivity contribution in [1.82, 2.24) is 9.88 Å². The molecule has 2 aromatic rings. The fourth-order valence-electron chi connectivity index (χ4n) is 4.19. The van der Waals surface area contributed by atoms with E-state index in [1.54, 1.807) is 24.0 Å². The SMILES string of the molecule is CCOC(=O)N1CCc2c([nH]c3c2=CC(Cl)CC=3)C1c1ccc(OCC(O)CO)cc1. The predicted octanol–water partition coefficient (Wildman–Crippen LogP) is 1.42. The largest absolute Gasteiger partial charge is 0.491 e. The molecule has 1 amide bonds. The van der Waals surface area contributed by atoms with E-state index >= 15 is 0 Å². The van der Waals surface area contributed by atoms with E-state index in [1.165, 1.54) is 5.56 Å². The van der Waals surface area contributed by atoms with Crippen LogP contribution in [0.4, 0.5) is 4.79 Å². The van der Waals surface area contributed by atoms with Crippen molar-refractivity contribution in [3.8, 4) is 5.75 Å². The zero-order chi connectivity index (χ0) is 22.0. The van der Waals surface area contributed by atoms with E-state index in [9.17, 15) is 9.90 Å². The van der Waals surface area contributed by atoms with Gasteiger partial charge >= 0.3 is 6.09 Å². The van der Waals surface area contributed by atoms with Gasteiger partial charge < -0.3 is 24.7 Å². The van der Waals surface area contributed by atoms with Gasteiger partial charge in [-0.2, -0.15) is 0 Å². The lowest BCUT2D eigenvalue weighted by Crippen LogP contribution is -2.42. The first kappa shape index (κ1) is 21.7. The molecule has 0 saturated heterocycles. The van der Waals surface area contributed by atoms with Gasteiger partial charge in [0, 0.05) is 22.8 Å². The van der Waals surface area contributed by atoms with Gasteiger partial charge in [0.25, 0.3) is 0 Å². The van der Waals surface area contributed by atoms with Crippen molar-refractivity contribution < 1.29 is 24.5 Å². The number of hydrogen-bond donors (Lipinski definition) is 3. The van der Waals surface area contributed by atoms with E-state index in [0.717, 1.165) is 34.7 Å². The van der Waals surface area contributed by atoms with Crippen molar-refractivity contribution in [2.24, 2.45) is 0 Å². The summed E-state index contributed by atoms with van der Waals surface area (Å²) in [6, 6.07) is 7.09. The third kappa shape index (κ3) is 4.44. The highest BCUT2D eigenvalue weighted by Crippen LogP contribution is 2.34. The van der Waals surface area contributed by atoms with E-state index in [-0.39, 0.29) is 30.7 Å². The number of carbonyl (C=O) groups excluding carboxylic acids is 1. The molecule has 2 aliphatic rings. The number of nitrogens with zero attached hydrogens (tertiary/aromatic N) is 1. The maximum Gasteiger partial charge on any atom is 0.410 e. The zero-order valence-corrected chi connectivity index (χ0v) is 18.1. The molecule has 4 rings (SSSR count). The lowest BCUT2D eigenvalue weighted by atomic mass is 9.92. The van der Waals surface area contributed by atoms with Crippen LogP contribution >= 0.6 is 11.6 Å². The third-order valence-electron chi connectivity index (χ3n) is 5.64. The number of benzene rings is 1. The second-order valence-electron chi connectivity index (χ2n) is 7.73. The van der Waals surface area contributed by atoms with Gasteiger partial charge in [-0.15, -0.1) is 11.6 Å². The summed E-state index contributed by atoms with van der Waals surface area (Å²) in [7, 11) is 0. The Hall–Kier alpha value is -2.48. The summed E-state index contributed by atoms with van der Waals surface area (Å²) < 4.78 is 10.8. The maximum atomic E-state index is 12.7. The second-order valence-corrected chi connectivity index (χ2v) is 8.29. The molecule has 0 radical (unpaired) electrons. The number of ether oxygens (including phenoxy) is 2. The van der Waals surface area contributed by atoms with Crippen LogP contribution < -0.4 is 15.3 Å². The number of aliphatic hydroxyl groups excluding tert-OH is 2. The Balaban J connectivity index is 1.71. The average Bonchev–Trinajstić information content (AvgIpc) is 3.15. The standard InChI is InChI=1S/C23H27ClN2O5/c1-2-30-23(29)26-10-9-18-19-11-15(24)5-8-20(19)25-21(18)22(26)14-3-6-17(7-4-14)31-13-16(28)12-27/h3-4,6-8,11,15-16,22,25,27-28H,2,5,9-10,12-13H2,1H3.